The maximum Gasteiger partial charge on any atom is 0.340 e. The Kier molecular flexibility index (Phi) is 9.05. The summed E-state index contributed by atoms with van der Waals surface area (Å²) in [5, 5.41) is 0.945. The number of amides is 2. The zero-order chi connectivity index (χ0) is 35.0. The van der Waals surface area contributed by atoms with Crippen molar-refractivity contribution in [2.75, 3.05) is 11.5 Å². The number of rotatable bonds is 10. The van der Waals surface area contributed by atoms with Crippen LogP contribution >= 0.6 is 23.2 Å². The Morgan fingerprint density at radius 3 is 1.39 bits per heavy atom. The summed E-state index contributed by atoms with van der Waals surface area (Å²) in [6.07, 6.45) is -0.227. The molecule has 0 fully saturated rings. The van der Waals surface area contributed by atoms with E-state index in [9.17, 15) is 19.2 Å². The summed E-state index contributed by atoms with van der Waals surface area (Å²) in [6, 6.07) is 19.7. The minimum atomic E-state index is -0.680. The first-order chi connectivity index (χ1) is 23.4. The zero-order valence-electron chi connectivity index (χ0n) is 25.7. The lowest BCUT2D eigenvalue weighted by atomic mass is 9.96. The van der Waals surface area contributed by atoms with Crippen molar-refractivity contribution >= 4 is 68.3 Å². The van der Waals surface area contributed by atoms with Gasteiger partial charge in [-0.2, -0.15) is 0 Å². The Bertz CT molecular complexity index is 2270. The topological polar surface area (TPSA) is 208 Å². The second kappa shape index (κ2) is 13.4. The average Bonchev–Trinajstić information content (AvgIpc) is 3.02. The molecule has 0 atom stereocenters. The van der Waals surface area contributed by atoms with Gasteiger partial charge in [0.25, 0.3) is 0 Å². The first-order valence-corrected chi connectivity index (χ1v) is 15.6. The number of carbonyl (C=O) groups excluding carboxylic acids is 2. The molecule has 2 aromatic heterocycles. The second-order valence-corrected chi connectivity index (χ2v) is 12.3. The van der Waals surface area contributed by atoms with Crippen LogP contribution < -0.4 is 38.9 Å². The van der Waals surface area contributed by atoms with Crippen LogP contribution in [0.25, 0.3) is 21.9 Å². The second-order valence-electron chi connectivity index (χ2n) is 11.5. The quantitative estimate of drug-likeness (QED) is 0.106. The molecule has 11 nitrogen and oxygen atoms in total. The Morgan fingerprint density at radius 1 is 0.612 bits per heavy atom. The fraction of sp³-hybridized carbons (Fsp3) is 0.111. The molecule has 4 aromatic carbocycles. The first kappa shape index (κ1) is 33.1. The SMILES string of the molecule is NC(=O)Cc1c(Cc2cccc(N)c2)c(=O)oc2cc(Oc3cc4oc(=O)c(Cc5cccc(N)c5)c(CC(N)=O)c4cc3Cl)c(Cl)cc12. The van der Waals surface area contributed by atoms with E-state index in [2.05, 4.69) is 0 Å². The average molecular weight is 700 g/mol. The molecule has 0 aliphatic carbocycles. The molecule has 0 radical (unpaired) electrons. The smallest absolute Gasteiger partial charge is 0.340 e. The van der Waals surface area contributed by atoms with E-state index in [0.717, 1.165) is 11.1 Å². The van der Waals surface area contributed by atoms with Crippen molar-refractivity contribution in [1.29, 1.82) is 0 Å². The van der Waals surface area contributed by atoms with Gasteiger partial charge in [0.05, 0.1) is 22.9 Å². The van der Waals surface area contributed by atoms with Gasteiger partial charge in [-0.3, -0.25) is 9.59 Å². The summed E-state index contributed by atoms with van der Waals surface area (Å²) in [5.74, 6) is -1.22. The molecule has 248 valence electrons. The fourth-order valence-corrected chi connectivity index (χ4v) is 6.21. The normalized spacial score (nSPS) is 11.2. The van der Waals surface area contributed by atoms with Crippen molar-refractivity contribution in [2.24, 2.45) is 11.5 Å². The number of ether oxygens (including phenoxy) is 1. The van der Waals surface area contributed by atoms with Crippen LogP contribution in [0.5, 0.6) is 11.5 Å². The van der Waals surface area contributed by atoms with Gasteiger partial charge in [0.15, 0.2) is 0 Å². The number of anilines is 2. The molecule has 0 bridgehead atoms. The predicted octanol–water partition coefficient (Wildman–Crippen LogP) is 5.40. The third-order valence-electron chi connectivity index (χ3n) is 7.93. The van der Waals surface area contributed by atoms with Gasteiger partial charge in [0, 0.05) is 58.2 Å². The minimum Gasteiger partial charge on any atom is -0.454 e. The number of hydrogen-bond donors (Lipinski definition) is 4. The van der Waals surface area contributed by atoms with E-state index in [4.69, 9.17) is 59.7 Å². The van der Waals surface area contributed by atoms with E-state index in [0.29, 0.717) is 33.3 Å². The molecule has 0 saturated carbocycles. The lowest BCUT2D eigenvalue weighted by molar-refractivity contribution is -0.118. The molecule has 0 aliphatic heterocycles. The maximum atomic E-state index is 13.3. The molecule has 0 unspecified atom stereocenters. The third-order valence-corrected chi connectivity index (χ3v) is 8.52. The predicted molar refractivity (Wildman–Crippen MR) is 188 cm³/mol. The van der Waals surface area contributed by atoms with Gasteiger partial charge in [-0.1, -0.05) is 47.5 Å². The molecule has 8 N–H and O–H groups in total. The van der Waals surface area contributed by atoms with Gasteiger partial charge in [-0.15, -0.1) is 0 Å². The molecule has 2 amide bonds. The summed E-state index contributed by atoms with van der Waals surface area (Å²) in [4.78, 5) is 50.7. The Balaban J connectivity index is 1.42. The van der Waals surface area contributed by atoms with Gasteiger partial charge >= 0.3 is 11.3 Å². The highest BCUT2D eigenvalue weighted by Crippen LogP contribution is 2.40. The zero-order valence-corrected chi connectivity index (χ0v) is 27.2. The fourth-order valence-electron chi connectivity index (χ4n) is 5.80. The molecule has 0 aliphatic rings. The molecule has 13 heteroatoms. The van der Waals surface area contributed by atoms with Crippen LogP contribution in [0, 0.1) is 0 Å². The van der Waals surface area contributed by atoms with Crippen molar-refractivity contribution < 1.29 is 23.2 Å². The third kappa shape index (κ3) is 7.08. The molecule has 6 aromatic rings. The molecule has 49 heavy (non-hydrogen) atoms. The Morgan fingerprint density at radius 2 is 1.02 bits per heavy atom. The number of hydrogen-bond acceptors (Lipinski definition) is 9. The van der Waals surface area contributed by atoms with Crippen LogP contribution in [0.4, 0.5) is 11.4 Å². The van der Waals surface area contributed by atoms with E-state index >= 15 is 0 Å². The molecule has 2 heterocycles. The van der Waals surface area contributed by atoms with Crippen LogP contribution in [0.1, 0.15) is 33.4 Å². The van der Waals surface area contributed by atoms with E-state index in [-0.39, 0.29) is 69.5 Å². The molecule has 6 rings (SSSR count). The standard InChI is InChI=1S/C36H28Cl2N4O7/c37-27-11-23-21(13-33(41)43)25(9-17-3-1-5-19(39)7-17)35(45)48-29(23)15-31(27)47-32-16-30-24(12-28(32)38)22(14-34(42)44)26(36(46)49-30)10-18-4-2-6-20(40)8-18/h1-8,11-12,15-16H,9-10,13-14,39-40H2,(H2,41,43)(H2,42,44). The highest BCUT2D eigenvalue weighted by atomic mass is 35.5. The number of benzene rings is 4. The molecular formula is C36H28Cl2N4O7. The monoisotopic (exact) mass is 698 g/mol. The summed E-state index contributed by atoms with van der Waals surface area (Å²) >= 11 is 13.3. The highest BCUT2D eigenvalue weighted by molar-refractivity contribution is 6.33. The van der Waals surface area contributed by atoms with E-state index < -0.39 is 23.1 Å². The Labute approximate surface area is 287 Å². The van der Waals surface area contributed by atoms with Crippen LogP contribution in [-0.2, 0) is 35.3 Å². The van der Waals surface area contributed by atoms with E-state index in [1.807, 2.05) is 0 Å². The minimum absolute atomic E-state index is 0.0465. The lowest BCUT2D eigenvalue weighted by Crippen LogP contribution is -2.20. The van der Waals surface area contributed by atoms with Crippen molar-refractivity contribution in [1.82, 2.24) is 0 Å². The number of primary amides is 2. The molecular weight excluding hydrogens is 671 g/mol. The van der Waals surface area contributed by atoms with E-state index in [1.54, 1.807) is 48.5 Å². The number of halogens is 2. The van der Waals surface area contributed by atoms with Crippen LogP contribution in [-0.4, -0.2) is 11.8 Å². The van der Waals surface area contributed by atoms with E-state index in [1.165, 1.54) is 24.3 Å². The first-order valence-electron chi connectivity index (χ1n) is 14.9. The molecule has 0 saturated heterocycles. The van der Waals surface area contributed by atoms with Gasteiger partial charge in [0.2, 0.25) is 11.8 Å². The summed E-state index contributed by atoms with van der Waals surface area (Å²) < 4.78 is 17.4. The number of carbonyl (C=O) groups is 2. The van der Waals surface area contributed by atoms with Gasteiger partial charge in [-0.05, 0) is 58.7 Å². The highest BCUT2D eigenvalue weighted by Gasteiger charge is 2.22. The number of nitrogens with two attached hydrogens (primary N) is 4. The van der Waals surface area contributed by atoms with Gasteiger partial charge in [-0.25, -0.2) is 9.59 Å². The van der Waals surface area contributed by atoms with Crippen LogP contribution in [0.2, 0.25) is 10.0 Å². The van der Waals surface area contributed by atoms with Gasteiger partial charge < -0.3 is 36.5 Å². The number of fused-ring (bicyclic) bond motifs is 2. The lowest BCUT2D eigenvalue weighted by Gasteiger charge is -2.15. The van der Waals surface area contributed by atoms with Crippen molar-refractivity contribution in [2.45, 2.75) is 25.7 Å². The summed E-state index contributed by atoms with van der Waals surface area (Å²) in [7, 11) is 0. The Hall–Kier alpha value is -5.78. The van der Waals surface area contributed by atoms with Crippen molar-refractivity contribution in [3.05, 3.63) is 137 Å². The maximum absolute atomic E-state index is 13.3. The van der Waals surface area contributed by atoms with Gasteiger partial charge in [0.1, 0.15) is 22.7 Å². The van der Waals surface area contributed by atoms with Crippen molar-refractivity contribution in [3.63, 3.8) is 0 Å². The summed E-state index contributed by atoms with van der Waals surface area (Å²) in [5.41, 5.74) is 25.4. The van der Waals surface area contributed by atoms with Crippen molar-refractivity contribution in [3.8, 4) is 11.5 Å². The number of nitrogen functional groups attached to an aromatic ring is 2. The van der Waals surface area contributed by atoms with Crippen LogP contribution in [0.15, 0.2) is 91.2 Å². The largest absolute Gasteiger partial charge is 0.454 e. The van der Waals surface area contributed by atoms with Crippen LogP contribution in [0.3, 0.4) is 0 Å². The summed E-state index contributed by atoms with van der Waals surface area (Å²) in [6.45, 7) is 0. The molecule has 0 spiro atoms.